The molecular formula is C13H19F3N2. The van der Waals surface area contributed by atoms with E-state index in [4.69, 9.17) is 0 Å². The van der Waals surface area contributed by atoms with Gasteiger partial charge in [-0.25, -0.2) is 0 Å². The molecule has 1 aromatic rings. The summed E-state index contributed by atoms with van der Waals surface area (Å²) < 4.78 is 35.9. The molecule has 0 aliphatic rings. The van der Waals surface area contributed by atoms with Crippen LogP contribution in [0.25, 0.3) is 0 Å². The molecule has 1 rings (SSSR count). The first-order valence-corrected chi connectivity index (χ1v) is 6.09. The first-order valence-electron chi connectivity index (χ1n) is 6.09. The van der Waals surface area contributed by atoms with Gasteiger partial charge in [-0.2, -0.15) is 13.2 Å². The van der Waals surface area contributed by atoms with Gasteiger partial charge in [0, 0.05) is 25.2 Å². The lowest BCUT2D eigenvalue weighted by atomic mass is 10.1. The van der Waals surface area contributed by atoms with Gasteiger partial charge in [-0.1, -0.05) is 6.07 Å². The fourth-order valence-corrected chi connectivity index (χ4v) is 1.69. The molecule has 5 heteroatoms. The molecule has 0 saturated carbocycles. The van der Waals surface area contributed by atoms with Crippen molar-refractivity contribution in [1.82, 2.24) is 10.3 Å². The lowest BCUT2D eigenvalue weighted by Crippen LogP contribution is -2.26. The van der Waals surface area contributed by atoms with Gasteiger partial charge in [0.05, 0.1) is 5.69 Å². The van der Waals surface area contributed by atoms with Crippen LogP contribution in [-0.4, -0.2) is 17.2 Å². The van der Waals surface area contributed by atoms with Crippen LogP contribution in [0.2, 0.25) is 0 Å². The van der Waals surface area contributed by atoms with Crippen molar-refractivity contribution < 1.29 is 13.2 Å². The third-order valence-electron chi connectivity index (χ3n) is 2.83. The standard InChI is InChI=1S/C13H19F3N2/c1-10-5-4-8-17-12(10)9-18-11(2)6-3-7-13(14,15)16/h4-5,8,11,18H,3,6-7,9H2,1-2H3. The van der Waals surface area contributed by atoms with Gasteiger partial charge in [-0.15, -0.1) is 0 Å². The van der Waals surface area contributed by atoms with Crippen LogP contribution in [0.5, 0.6) is 0 Å². The summed E-state index contributed by atoms with van der Waals surface area (Å²) in [6, 6.07) is 3.90. The van der Waals surface area contributed by atoms with Crippen molar-refractivity contribution in [3.8, 4) is 0 Å². The zero-order valence-corrected chi connectivity index (χ0v) is 10.7. The minimum atomic E-state index is -4.04. The molecule has 0 amide bonds. The average Bonchev–Trinajstić information content (AvgIpc) is 2.26. The predicted octanol–water partition coefficient (Wildman–Crippen LogP) is 3.60. The molecule has 0 radical (unpaired) electrons. The zero-order valence-electron chi connectivity index (χ0n) is 10.7. The number of aromatic nitrogens is 1. The first-order chi connectivity index (χ1) is 8.38. The van der Waals surface area contributed by atoms with E-state index < -0.39 is 12.6 Å². The van der Waals surface area contributed by atoms with Crippen LogP contribution in [0, 0.1) is 6.92 Å². The van der Waals surface area contributed by atoms with E-state index in [-0.39, 0.29) is 12.5 Å². The van der Waals surface area contributed by atoms with Crippen molar-refractivity contribution in [2.45, 2.75) is 51.9 Å². The van der Waals surface area contributed by atoms with E-state index in [2.05, 4.69) is 10.3 Å². The molecule has 1 aromatic heterocycles. The fraction of sp³-hybridized carbons (Fsp3) is 0.615. The SMILES string of the molecule is Cc1cccnc1CNC(C)CCCC(F)(F)F. The average molecular weight is 260 g/mol. The van der Waals surface area contributed by atoms with E-state index >= 15 is 0 Å². The Labute approximate surface area is 106 Å². The summed E-state index contributed by atoms with van der Waals surface area (Å²) in [6.07, 6.45) is -2.35. The van der Waals surface area contributed by atoms with Crippen LogP contribution in [0.3, 0.4) is 0 Å². The number of halogens is 3. The highest BCUT2D eigenvalue weighted by Crippen LogP contribution is 2.22. The van der Waals surface area contributed by atoms with Crippen LogP contribution in [0.4, 0.5) is 13.2 Å². The number of rotatable bonds is 6. The Kier molecular flexibility index (Phi) is 5.59. The van der Waals surface area contributed by atoms with Crippen LogP contribution in [0.1, 0.15) is 37.4 Å². The number of nitrogens with zero attached hydrogens (tertiary/aromatic N) is 1. The lowest BCUT2D eigenvalue weighted by molar-refractivity contribution is -0.135. The number of alkyl halides is 3. The summed E-state index contributed by atoms with van der Waals surface area (Å²) in [6.45, 7) is 4.47. The molecule has 2 nitrogen and oxygen atoms in total. The Morgan fingerprint density at radius 1 is 1.39 bits per heavy atom. The van der Waals surface area contributed by atoms with Gasteiger partial charge in [-0.3, -0.25) is 4.98 Å². The second kappa shape index (κ2) is 6.73. The Morgan fingerprint density at radius 3 is 2.72 bits per heavy atom. The van der Waals surface area contributed by atoms with Crippen molar-refractivity contribution in [1.29, 1.82) is 0 Å². The van der Waals surface area contributed by atoms with Crippen molar-refractivity contribution in [2.75, 3.05) is 0 Å². The summed E-state index contributed by atoms with van der Waals surface area (Å²) >= 11 is 0. The van der Waals surface area contributed by atoms with Crippen LogP contribution in [0.15, 0.2) is 18.3 Å². The van der Waals surface area contributed by atoms with Gasteiger partial charge < -0.3 is 5.32 Å². The Bertz CT molecular complexity index is 363. The van der Waals surface area contributed by atoms with Crippen molar-refractivity contribution >= 4 is 0 Å². The molecule has 0 aliphatic heterocycles. The van der Waals surface area contributed by atoms with E-state index in [9.17, 15) is 13.2 Å². The van der Waals surface area contributed by atoms with Gasteiger partial charge in [0.2, 0.25) is 0 Å². The summed E-state index contributed by atoms with van der Waals surface area (Å²) in [4.78, 5) is 4.23. The van der Waals surface area contributed by atoms with Gasteiger partial charge >= 0.3 is 6.18 Å². The molecule has 1 heterocycles. The second-order valence-electron chi connectivity index (χ2n) is 4.56. The third-order valence-corrected chi connectivity index (χ3v) is 2.83. The minimum absolute atomic E-state index is 0.0637. The maximum absolute atomic E-state index is 12.0. The number of aryl methyl sites for hydroxylation is 1. The van der Waals surface area contributed by atoms with E-state index in [1.165, 1.54) is 0 Å². The second-order valence-corrected chi connectivity index (χ2v) is 4.56. The third kappa shape index (κ3) is 6.00. The van der Waals surface area contributed by atoms with E-state index in [1.807, 2.05) is 26.0 Å². The molecule has 18 heavy (non-hydrogen) atoms. The topological polar surface area (TPSA) is 24.9 Å². The highest BCUT2D eigenvalue weighted by atomic mass is 19.4. The van der Waals surface area contributed by atoms with Crippen LogP contribution >= 0.6 is 0 Å². The van der Waals surface area contributed by atoms with E-state index in [0.29, 0.717) is 13.0 Å². The summed E-state index contributed by atoms with van der Waals surface area (Å²) in [7, 11) is 0. The van der Waals surface area contributed by atoms with Crippen LogP contribution in [-0.2, 0) is 6.54 Å². The minimum Gasteiger partial charge on any atom is -0.309 e. The molecule has 0 saturated heterocycles. The van der Waals surface area contributed by atoms with Crippen molar-refractivity contribution in [3.63, 3.8) is 0 Å². The quantitative estimate of drug-likeness (QED) is 0.845. The Hall–Kier alpha value is -1.10. The number of hydrogen-bond acceptors (Lipinski definition) is 2. The zero-order chi connectivity index (χ0) is 13.6. The summed E-state index contributed by atoms with van der Waals surface area (Å²) in [5.74, 6) is 0. The molecule has 0 spiro atoms. The first kappa shape index (κ1) is 15.0. The van der Waals surface area contributed by atoms with E-state index in [0.717, 1.165) is 11.3 Å². The molecule has 1 atom stereocenters. The molecule has 1 unspecified atom stereocenters. The molecule has 1 N–H and O–H groups in total. The highest BCUT2D eigenvalue weighted by Gasteiger charge is 2.26. The number of pyridine rings is 1. The van der Waals surface area contributed by atoms with Crippen molar-refractivity contribution in [3.05, 3.63) is 29.6 Å². The molecular weight excluding hydrogens is 241 g/mol. The molecule has 0 aliphatic carbocycles. The van der Waals surface area contributed by atoms with E-state index in [1.54, 1.807) is 6.20 Å². The smallest absolute Gasteiger partial charge is 0.309 e. The maximum Gasteiger partial charge on any atom is 0.389 e. The number of hydrogen-bond donors (Lipinski definition) is 1. The van der Waals surface area contributed by atoms with Gasteiger partial charge in [0.1, 0.15) is 0 Å². The molecule has 0 bridgehead atoms. The molecule has 102 valence electrons. The van der Waals surface area contributed by atoms with Crippen LogP contribution < -0.4 is 5.32 Å². The van der Waals surface area contributed by atoms with Crippen molar-refractivity contribution in [2.24, 2.45) is 0 Å². The largest absolute Gasteiger partial charge is 0.389 e. The molecule has 0 fully saturated rings. The summed E-state index contributed by atoms with van der Waals surface area (Å²) in [5.41, 5.74) is 2.03. The highest BCUT2D eigenvalue weighted by molar-refractivity contribution is 5.17. The van der Waals surface area contributed by atoms with Gasteiger partial charge in [-0.05, 0) is 38.3 Å². The van der Waals surface area contributed by atoms with Gasteiger partial charge in [0.15, 0.2) is 0 Å². The monoisotopic (exact) mass is 260 g/mol. The predicted molar refractivity (Wildman–Crippen MR) is 65.2 cm³/mol. The Balaban J connectivity index is 2.25. The Morgan fingerprint density at radius 2 is 2.11 bits per heavy atom. The molecule has 0 aromatic carbocycles. The lowest BCUT2D eigenvalue weighted by Gasteiger charge is -2.14. The summed E-state index contributed by atoms with van der Waals surface area (Å²) in [5, 5.41) is 3.20. The number of nitrogens with one attached hydrogen (secondary N) is 1. The fourth-order valence-electron chi connectivity index (χ4n) is 1.69. The maximum atomic E-state index is 12.0. The van der Waals surface area contributed by atoms with Gasteiger partial charge in [0.25, 0.3) is 0 Å². The normalized spacial score (nSPS) is 13.6.